The predicted molar refractivity (Wildman–Crippen MR) is 52.3 cm³/mol. The molecule has 1 amide bonds. The first-order chi connectivity index (χ1) is 7.20. The van der Waals surface area contributed by atoms with Gasteiger partial charge >= 0.3 is 5.97 Å². The van der Waals surface area contributed by atoms with Gasteiger partial charge in [-0.05, 0) is 0 Å². The Morgan fingerprint density at radius 1 is 1.60 bits per heavy atom. The SMILES string of the molecule is CC(=O)OCCNC(=O)C1COCCN1. The summed E-state index contributed by atoms with van der Waals surface area (Å²) in [5.41, 5.74) is 0. The molecule has 1 aliphatic rings. The molecule has 2 N–H and O–H groups in total. The third-order valence-electron chi connectivity index (χ3n) is 1.94. The molecule has 0 aromatic rings. The van der Waals surface area contributed by atoms with Crippen molar-refractivity contribution in [2.75, 3.05) is 32.9 Å². The van der Waals surface area contributed by atoms with Gasteiger partial charge in [0.1, 0.15) is 12.6 Å². The van der Waals surface area contributed by atoms with E-state index in [4.69, 9.17) is 4.74 Å². The fourth-order valence-corrected chi connectivity index (χ4v) is 1.23. The van der Waals surface area contributed by atoms with E-state index in [0.717, 1.165) is 0 Å². The van der Waals surface area contributed by atoms with Crippen molar-refractivity contribution in [2.24, 2.45) is 0 Å². The lowest BCUT2D eigenvalue weighted by molar-refractivity contribution is -0.141. The Morgan fingerprint density at radius 2 is 2.40 bits per heavy atom. The Hall–Kier alpha value is -1.14. The van der Waals surface area contributed by atoms with Gasteiger partial charge in [0.2, 0.25) is 5.91 Å². The van der Waals surface area contributed by atoms with Gasteiger partial charge in [0, 0.05) is 13.5 Å². The quantitative estimate of drug-likeness (QED) is 0.449. The van der Waals surface area contributed by atoms with Gasteiger partial charge in [-0.1, -0.05) is 0 Å². The van der Waals surface area contributed by atoms with Crippen molar-refractivity contribution < 1.29 is 19.1 Å². The molecule has 15 heavy (non-hydrogen) atoms. The van der Waals surface area contributed by atoms with Crippen LogP contribution < -0.4 is 10.6 Å². The number of hydrogen-bond acceptors (Lipinski definition) is 5. The van der Waals surface area contributed by atoms with Crippen LogP contribution in [0.3, 0.4) is 0 Å². The fourth-order valence-electron chi connectivity index (χ4n) is 1.23. The highest BCUT2D eigenvalue weighted by Gasteiger charge is 2.20. The standard InChI is InChI=1S/C9H16N2O4/c1-7(12)15-5-3-11-9(13)8-6-14-4-2-10-8/h8,10H,2-6H2,1H3,(H,11,13). The normalized spacial score (nSPS) is 20.7. The van der Waals surface area contributed by atoms with Gasteiger partial charge in [0.05, 0.1) is 19.8 Å². The molecule has 1 unspecified atom stereocenters. The first-order valence-corrected chi connectivity index (χ1v) is 4.92. The number of hydrogen-bond donors (Lipinski definition) is 2. The van der Waals surface area contributed by atoms with Crippen molar-refractivity contribution in [3.05, 3.63) is 0 Å². The van der Waals surface area contributed by atoms with Crippen LogP contribution in [-0.4, -0.2) is 50.8 Å². The fraction of sp³-hybridized carbons (Fsp3) is 0.778. The number of morpholine rings is 1. The molecule has 0 aromatic heterocycles. The van der Waals surface area contributed by atoms with Crippen molar-refractivity contribution in [1.29, 1.82) is 0 Å². The summed E-state index contributed by atoms with van der Waals surface area (Å²) in [6, 6.07) is -0.295. The van der Waals surface area contributed by atoms with Gasteiger partial charge in [-0.2, -0.15) is 0 Å². The van der Waals surface area contributed by atoms with Crippen molar-refractivity contribution in [1.82, 2.24) is 10.6 Å². The zero-order valence-corrected chi connectivity index (χ0v) is 8.75. The highest BCUT2D eigenvalue weighted by Crippen LogP contribution is 1.92. The number of carbonyl (C=O) groups excluding carboxylic acids is 2. The van der Waals surface area contributed by atoms with Crippen LogP contribution in [0.4, 0.5) is 0 Å². The van der Waals surface area contributed by atoms with E-state index in [1.165, 1.54) is 6.92 Å². The summed E-state index contributed by atoms with van der Waals surface area (Å²) in [4.78, 5) is 21.9. The van der Waals surface area contributed by atoms with Crippen LogP contribution in [0.1, 0.15) is 6.92 Å². The summed E-state index contributed by atoms with van der Waals surface area (Å²) in [7, 11) is 0. The molecule has 1 heterocycles. The number of carbonyl (C=O) groups is 2. The molecule has 0 spiro atoms. The van der Waals surface area contributed by atoms with Gasteiger partial charge in [0.25, 0.3) is 0 Å². The van der Waals surface area contributed by atoms with E-state index in [-0.39, 0.29) is 24.5 Å². The zero-order chi connectivity index (χ0) is 11.1. The summed E-state index contributed by atoms with van der Waals surface area (Å²) in [5, 5.41) is 5.67. The minimum Gasteiger partial charge on any atom is -0.464 e. The van der Waals surface area contributed by atoms with Crippen molar-refractivity contribution in [3.63, 3.8) is 0 Å². The van der Waals surface area contributed by atoms with Crippen LogP contribution in [0, 0.1) is 0 Å². The smallest absolute Gasteiger partial charge is 0.302 e. The average molecular weight is 216 g/mol. The van der Waals surface area contributed by atoms with Crippen molar-refractivity contribution >= 4 is 11.9 Å². The van der Waals surface area contributed by atoms with Crippen LogP contribution in [-0.2, 0) is 19.1 Å². The molecule has 0 aromatic carbocycles. The van der Waals surface area contributed by atoms with Gasteiger partial charge in [-0.3, -0.25) is 9.59 Å². The second-order valence-electron chi connectivity index (χ2n) is 3.21. The topological polar surface area (TPSA) is 76.7 Å². The number of ether oxygens (including phenoxy) is 2. The van der Waals surface area contributed by atoms with E-state index in [0.29, 0.717) is 26.3 Å². The second-order valence-corrected chi connectivity index (χ2v) is 3.21. The van der Waals surface area contributed by atoms with E-state index in [1.54, 1.807) is 0 Å². The maximum Gasteiger partial charge on any atom is 0.302 e. The molecule has 0 aliphatic carbocycles. The summed E-state index contributed by atoms with van der Waals surface area (Å²) in [5.74, 6) is -0.467. The monoisotopic (exact) mass is 216 g/mol. The van der Waals surface area contributed by atoms with Crippen LogP contribution in [0.25, 0.3) is 0 Å². The third kappa shape index (κ3) is 4.75. The maximum atomic E-state index is 11.4. The zero-order valence-electron chi connectivity index (χ0n) is 8.75. The Morgan fingerprint density at radius 3 is 3.00 bits per heavy atom. The van der Waals surface area contributed by atoms with Gasteiger partial charge in [-0.15, -0.1) is 0 Å². The molecule has 1 atom stereocenters. The first-order valence-electron chi connectivity index (χ1n) is 4.92. The minimum absolute atomic E-state index is 0.123. The Bertz CT molecular complexity index is 226. The molecular formula is C9H16N2O4. The molecule has 1 fully saturated rings. The average Bonchev–Trinajstić information content (AvgIpc) is 2.25. The number of esters is 1. The van der Waals surface area contributed by atoms with E-state index in [9.17, 15) is 9.59 Å². The second kappa shape index (κ2) is 6.36. The summed E-state index contributed by atoms with van der Waals surface area (Å²) < 4.78 is 9.81. The van der Waals surface area contributed by atoms with E-state index in [2.05, 4.69) is 15.4 Å². The molecule has 1 saturated heterocycles. The van der Waals surface area contributed by atoms with Gasteiger partial charge in [0.15, 0.2) is 0 Å². The van der Waals surface area contributed by atoms with E-state index >= 15 is 0 Å². The van der Waals surface area contributed by atoms with Gasteiger partial charge < -0.3 is 20.1 Å². The Kier molecular flexibility index (Phi) is 5.06. The summed E-state index contributed by atoms with van der Waals surface area (Å²) in [6.45, 7) is 3.57. The molecule has 6 heteroatoms. The molecule has 0 radical (unpaired) electrons. The van der Waals surface area contributed by atoms with E-state index < -0.39 is 0 Å². The first kappa shape index (κ1) is 11.9. The predicted octanol–water partition coefficient (Wildman–Crippen LogP) is -1.35. The molecule has 1 rings (SSSR count). The van der Waals surface area contributed by atoms with Crippen LogP contribution >= 0.6 is 0 Å². The van der Waals surface area contributed by atoms with Crippen LogP contribution in [0.5, 0.6) is 0 Å². The lowest BCUT2D eigenvalue weighted by Crippen LogP contribution is -2.51. The molecular weight excluding hydrogens is 200 g/mol. The molecule has 0 saturated carbocycles. The molecule has 0 bridgehead atoms. The highest BCUT2D eigenvalue weighted by atomic mass is 16.5. The Balaban J connectivity index is 2.09. The maximum absolute atomic E-state index is 11.4. The minimum atomic E-state index is -0.344. The van der Waals surface area contributed by atoms with Gasteiger partial charge in [-0.25, -0.2) is 0 Å². The lowest BCUT2D eigenvalue weighted by Gasteiger charge is -2.22. The van der Waals surface area contributed by atoms with Crippen molar-refractivity contribution in [2.45, 2.75) is 13.0 Å². The highest BCUT2D eigenvalue weighted by molar-refractivity contribution is 5.82. The summed E-state index contributed by atoms with van der Waals surface area (Å²) >= 11 is 0. The van der Waals surface area contributed by atoms with Crippen LogP contribution in [0.2, 0.25) is 0 Å². The van der Waals surface area contributed by atoms with E-state index in [1.807, 2.05) is 0 Å². The lowest BCUT2D eigenvalue weighted by atomic mass is 10.2. The van der Waals surface area contributed by atoms with Crippen LogP contribution in [0.15, 0.2) is 0 Å². The molecule has 6 nitrogen and oxygen atoms in total. The largest absolute Gasteiger partial charge is 0.464 e. The number of amides is 1. The number of nitrogens with one attached hydrogen (secondary N) is 2. The Labute approximate surface area is 88.3 Å². The van der Waals surface area contributed by atoms with Crippen molar-refractivity contribution in [3.8, 4) is 0 Å². The molecule has 1 aliphatic heterocycles. The summed E-state index contributed by atoms with van der Waals surface area (Å²) in [6.07, 6.45) is 0. The number of rotatable bonds is 4. The third-order valence-corrected chi connectivity index (χ3v) is 1.94. The molecule has 86 valence electrons.